The van der Waals surface area contributed by atoms with Gasteiger partial charge in [0, 0.05) is 17.7 Å². The molecule has 1 aromatic heterocycles. The zero-order valence-corrected chi connectivity index (χ0v) is 10.2. The summed E-state index contributed by atoms with van der Waals surface area (Å²) in [5, 5.41) is 1.94. The lowest BCUT2D eigenvalue weighted by Gasteiger charge is -2.16. The number of amides is 1. The van der Waals surface area contributed by atoms with E-state index in [-0.39, 0.29) is 5.91 Å². The van der Waals surface area contributed by atoms with Crippen molar-refractivity contribution in [3.63, 3.8) is 0 Å². The number of thiophene rings is 1. The SMILES string of the molecule is CN(CC1=CCCS1)C(=O)c1cccs1. The van der Waals surface area contributed by atoms with Gasteiger partial charge in [-0.1, -0.05) is 12.1 Å². The summed E-state index contributed by atoms with van der Waals surface area (Å²) in [5.74, 6) is 1.29. The van der Waals surface area contributed by atoms with Gasteiger partial charge in [-0.2, -0.15) is 0 Å². The number of rotatable bonds is 3. The van der Waals surface area contributed by atoms with Crippen LogP contribution in [0.5, 0.6) is 0 Å². The first-order valence-electron chi connectivity index (χ1n) is 4.88. The molecule has 0 unspecified atom stereocenters. The minimum absolute atomic E-state index is 0.124. The second-order valence-corrected chi connectivity index (χ2v) is 5.62. The van der Waals surface area contributed by atoms with E-state index >= 15 is 0 Å². The highest BCUT2D eigenvalue weighted by Crippen LogP contribution is 2.25. The van der Waals surface area contributed by atoms with E-state index in [1.165, 1.54) is 16.2 Å². The van der Waals surface area contributed by atoms with Crippen molar-refractivity contribution in [1.29, 1.82) is 0 Å². The molecule has 0 N–H and O–H groups in total. The highest BCUT2D eigenvalue weighted by molar-refractivity contribution is 8.03. The molecule has 1 amide bonds. The van der Waals surface area contributed by atoms with Gasteiger partial charge in [0.1, 0.15) is 0 Å². The number of allylic oxidation sites excluding steroid dienone is 1. The van der Waals surface area contributed by atoms with E-state index in [1.807, 2.05) is 36.3 Å². The summed E-state index contributed by atoms with van der Waals surface area (Å²) in [4.78, 5) is 15.8. The van der Waals surface area contributed by atoms with E-state index in [1.54, 1.807) is 4.90 Å². The lowest BCUT2D eigenvalue weighted by molar-refractivity contribution is 0.0814. The topological polar surface area (TPSA) is 20.3 Å². The fraction of sp³-hybridized carbons (Fsp3) is 0.364. The summed E-state index contributed by atoms with van der Waals surface area (Å²) < 4.78 is 0. The number of hydrogen-bond acceptors (Lipinski definition) is 3. The molecule has 4 heteroatoms. The maximum Gasteiger partial charge on any atom is 0.263 e. The van der Waals surface area contributed by atoms with Crippen LogP contribution < -0.4 is 0 Å². The van der Waals surface area contributed by atoms with Crippen LogP contribution in [0.25, 0.3) is 0 Å². The van der Waals surface area contributed by atoms with Crippen molar-refractivity contribution in [3.05, 3.63) is 33.4 Å². The molecule has 1 aromatic rings. The predicted octanol–water partition coefficient (Wildman–Crippen LogP) is 2.84. The zero-order chi connectivity index (χ0) is 10.7. The van der Waals surface area contributed by atoms with Crippen molar-refractivity contribution < 1.29 is 4.79 Å². The third-order valence-corrected chi connectivity index (χ3v) is 4.21. The van der Waals surface area contributed by atoms with E-state index in [9.17, 15) is 4.79 Å². The van der Waals surface area contributed by atoms with Gasteiger partial charge in [0.15, 0.2) is 0 Å². The highest BCUT2D eigenvalue weighted by Gasteiger charge is 2.15. The van der Waals surface area contributed by atoms with Crippen LogP contribution in [-0.2, 0) is 0 Å². The smallest absolute Gasteiger partial charge is 0.263 e. The average molecular weight is 239 g/mol. The van der Waals surface area contributed by atoms with E-state index in [0.29, 0.717) is 0 Å². The van der Waals surface area contributed by atoms with E-state index in [4.69, 9.17) is 0 Å². The highest BCUT2D eigenvalue weighted by atomic mass is 32.2. The third kappa shape index (κ3) is 2.63. The minimum Gasteiger partial charge on any atom is -0.336 e. The zero-order valence-electron chi connectivity index (χ0n) is 8.60. The van der Waals surface area contributed by atoms with Gasteiger partial charge in [-0.25, -0.2) is 0 Å². The Hall–Kier alpha value is -0.740. The first-order chi connectivity index (χ1) is 7.27. The molecular weight excluding hydrogens is 226 g/mol. The minimum atomic E-state index is 0.124. The van der Waals surface area contributed by atoms with Crippen molar-refractivity contribution in [2.24, 2.45) is 0 Å². The Morgan fingerprint density at radius 2 is 2.47 bits per heavy atom. The third-order valence-electron chi connectivity index (χ3n) is 2.25. The van der Waals surface area contributed by atoms with Gasteiger partial charge in [0.05, 0.1) is 11.4 Å². The van der Waals surface area contributed by atoms with Crippen LogP contribution in [0.1, 0.15) is 16.1 Å². The molecule has 0 aromatic carbocycles. The van der Waals surface area contributed by atoms with Crippen LogP contribution in [0.2, 0.25) is 0 Å². The monoisotopic (exact) mass is 239 g/mol. The quantitative estimate of drug-likeness (QED) is 0.808. The molecule has 0 radical (unpaired) electrons. The van der Waals surface area contributed by atoms with E-state index in [2.05, 4.69) is 6.08 Å². The Labute approximate surface area is 98.0 Å². The molecule has 1 aliphatic rings. The fourth-order valence-corrected chi connectivity index (χ4v) is 3.21. The van der Waals surface area contributed by atoms with Crippen molar-refractivity contribution in [2.75, 3.05) is 19.3 Å². The molecule has 0 atom stereocenters. The van der Waals surface area contributed by atoms with Crippen LogP contribution >= 0.6 is 23.1 Å². The second-order valence-electron chi connectivity index (χ2n) is 3.45. The summed E-state index contributed by atoms with van der Waals surface area (Å²) in [6, 6.07) is 3.79. The summed E-state index contributed by atoms with van der Waals surface area (Å²) in [6.07, 6.45) is 3.36. The number of hydrogen-bond donors (Lipinski definition) is 0. The largest absolute Gasteiger partial charge is 0.336 e. The molecule has 0 spiro atoms. The molecule has 0 saturated heterocycles. The van der Waals surface area contributed by atoms with Crippen molar-refractivity contribution in [3.8, 4) is 0 Å². The van der Waals surface area contributed by atoms with Gasteiger partial charge in [0.25, 0.3) is 5.91 Å². The molecule has 80 valence electrons. The van der Waals surface area contributed by atoms with Gasteiger partial charge in [0.2, 0.25) is 0 Å². The first kappa shape index (κ1) is 10.8. The first-order valence-corrected chi connectivity index (χ1v) is 6.74. The van der Waals surface area contributed by atoms with Gasteiger partial charge in [-0.3, -0.25) is 4.79 Å². The van der Waals surface area contributed by atoms with E-state index in [0.717, 1.165) is 23.6 Å². The summed E-state index contributed by atoms with van der Waals surface area (Å²) in [6.45, 7) is 0.751. The lowest BCUT2D eigenvalue weighted by atomic mass is 10.3. The van der Waals surface area contributed by atoms with Crippen LogP contribution in [-0.4, -0.2) is 30.2 Å². The Bertz CT molecular complexity index is 370. The summed E-state index contributed by atoms with van der Waals surface area (Å²) in [7, 11) is 1.86. The van der Waals surface area contributed by atoms with Crippen molar-refractivity contribution in [2.45, 2.75) is 6.42 Å². The molecule has 2 rings (SSSR count). The van der Waals surface area contributed by atoms with Crippen molar-refractivity contribution >= 4 is 29.0 Å². The molecule has 1 aliphatic heterocycles. The van der Waals surface area contributed by atoms with Gasteiger partial charge >= 0.3 is 0 Å². The van der Waals surface area contributed by atoms with E-state index < -0.39 is 0 Å². The Morgan fingerprint density at radius 3 is 3.07 bits per heavy atom. The fourth-order valence-electron chi connectivity index (χ4n) is 1.47. The molecule has 0 bridgehead atoms. The lowest BCUT2D eigenvalue weighted by Crippen LogP contribution is -2.27. The van der Waals surface area contributed by atoms with Crippen LogP contribution in [0.15, 0.2) is 28.5 Å². The van der Waals surface area contributed by atoms with Gasteiger partial charge < -0.3 is 4.90 Å². The molecule has 15 heavy (non-hydrogen) atoms. The summed E-state index contributed by atoms with van der Waals surface area (Å²) in [5.41, 5.74) is 0. The molecular formula is C11H13NOS2. The number of carbonyl (C=O) groups is 1. The maximum absolute atomic E-state index is 11.9. The van der Waals surface area contributed by atoms with Gasteiger partial charge in [-0.15, -0.1) is 23.1 Å². The van der Waals surface area contributed by atoms with Crippen LogP contribution in [0.3, 0.4) is 0 Å². The maximum atomic E-state index is 11.9. The predicted molar refractivity (Wildman–Crippen MR) is 66.4 cm³/mol. The second kappa shape index (κ2) is 4.86. The molecule has 0 saturated carbocycles. The average Bonchev–Trinajstić information content (AvgIpc) is 2.88. The van der Waals surface area contributed by atoms with Gasteiger partial charge in [-0.05, 0) is 17.9 Å². The Balaban J connectivity index is 1.96. The normalized spacial score (nSPS) is 15.1. The molecule has 0 aliphatic carbocycles. The Morgan fingerprint density at radius 1 is 1.60 bits per heavy atom. The number of nitrogens with zero attached hydrogens (tertiary/aromatic N) is 1. The summed E-state index contributed by atoms with van der Waals surface area (Å²) >= 11 is 3.36. The Kier molecular flexibility index (Phi) is 3.49. The van der Waals surface area contributed by atoms with Crippen LogP contribution in [0.4, 0.5) is 0 Å². The van der Waals surface area contributed by atoms with Crippen LogP contribution in [0, 0.1) is 0 Å². The number of likely N-dealkylation sites (N-methyl/N-ethyl adjacent to an activating group) is 1. The number of thioether (sulfide) groups is 1. The number of carbonyl (C=O) groups excluding carboxylic acids is 1. The standard InChI is InChI=1S/C11H13NOS2/c1-12(8-9-4-2-6-14-9)11(13)10-5-3-7-15-10/h3-5,7H,2,6,8H2,1H3. The molecule has 2 nitrogen and oxygen atoms in total. The molecule has 0 fully saturated rings. The van der Waals surface area contributed by atoms with Crippen molar-refractivity contribution in [1.82, 2.24) is 4.90 Å². The molecule has 2 heterocycles.